The first-order chi connectivity index (χ1) is 50.7. The molecule has 371 valence electrons. The van der Waals surface area contributed by atoms with Gasteiger partial charge in [0.2, 0.25) is 0 Å². The molecule has 1 nitrogen and oxygen atoms in total. The second-order valence-corrected chi connectivity index (χ2v) is 31.1. The Kier molecular flexibility index (Phi) is 51.3. The summed E-state index contributed by atoms with van der Waals surface area (Å²) in [5.74, 6) is 0. The lowest BCUT2D eigenvalue weighted by Crippen LogP contribution is -3.00. The van der Waals surface area contributed by atoms with Gasteiger partial charge in [-0.15, -0.1) is 0 Å². The lowest BCUT2D eigenvalue weighted by atomic mass is 8.19. The molecule has 0 N–H and O–H groups in total. The van der Waals surface area contributed by atoms with E-state index in [1.54, 1.807) is 0 Å². The minimum absolute atomic E-state index is 1.00. The lowest BCUT2D eigenvalue weighted by Gasteiger charge is -2.62. The number of benzene rings is 2. The standard InChI is InChI=1S/C19H16BrN.B89/c1-13-11-17(18(20)12-14(13)2)15-6-8-16(9-7-15)19-5-3-4-10-21-19;1-46-69(47(2)3)80(68(44)45)86(81(70(48(4)5)49(6)7)71(50(8)9)51(10)11)89(87(82(72(52(12)13)53(14)15)73(54(16)17)55(18)19)83(74(56(20)21)57(22)23)75(58(24)25)59(26)27)88(84(76(60(28)29)61(30)31)77(62(32)33)63(34)35)85(78(64(36)37)65(38)39)79(66(40)41)67(42)43/h3-12H,1-2H3;. The normalized spacial score (nSPS) is 9.95. The molecule has 0 saturated carbocycles. The van der Waals surface area contributed by atoms with Crippen LogP contribution in [0.1, 0.15) is 11.1 Å². The summed E-state index contributed by atoms with van der Waals surface area (Å²) < 4.78 is 1.14. The van der Waals surface area contributed by atoms with E-state index in [0.29, 0.717) is 0 Å². The molecule has 0 aliphatic heterocycles. The predicted octanol–water partition coefficient (Wildman–Crippen LogP) is -28.1. The van der Waals surface area contributed by atoms with Gasteiger partial charge in [-0.25, -0.2) is 0 Å². The van der Waals surface area contributed by atoms with Crippen molar-refractivity contribution in [3.05, 3.63) is 76.4 Å². The molecular weight excluding hydrogens is 1280 g/mol. The van der Waals surface area contributed by atoms with Crippen LogP contribution in [0, 0.1) is 13.8 Å². The van der Waals surface area contributed by atoms with Crippen LogP contribution in [0.25, 0.3) is 22.4 Å². The van der Waals surface area contributed by atoms with Crippen LogP contribution >= 0.6 is 15.9 Å². The minimum Gasteiger partial charge on any atom is -0.256 e. The van der Waals surface area contributed by atoms with Crippen LogP contribution in [-0.4, -0.2) is 635 Å². The van der Waals surface area contributed by atoms with Gasteiger partial charge in [-0.2, -0.15) is 0 Å². The topological polar surface area (TPSA) is 12.9 Å². The molecule has 0 aliphatic carbocycles. The number of rotatable bonds is 45. The van der Waals surface area contributed by atoms with Gasteiger partial charge in [-0.05, 0) is 54.3 Å². The van der Waals surface area contributed by atoms with Gasteiger partial charge in [-0.1, -0.05) is 52.3 Å². The molecule has 0 saturated heterocycles. The van der Waals surface area contributed by atoms with Crippen molar-refractivity contribution in [2.24, 2.45) is 0 Å². The predicted molar refractivity (Wildman–Crippen MR) is 604 cm³/mol. The van der Waals surface area contributed by atoms with E-state index in [4.69, 9.17) is 348 Å². The maximum atomic E-state index is 7.29. The average Bonchev–Trinajstić information content (AvgIpc) is 0.711. The average molecular weight is 1300 g/mol. The third-order valence-corrected chi connectivity index (χ3v) is 23.3. The molecule has 91 heteroatoms. The summed E-state index contributed by atoms with van der Waals surface area (Å²) in [5.41, 5.74) is 7.19. The second-order valence-electron chi connectivity index (χ2n) is 30.2. The molecule has 1 heterocycles. The van der Waals surface area contributed by atoms with E-state index >= 15 is 0 Å². The summed E-state index contributed by atoms with van der Waals surface area (Å²) in [6.07, 6.45) is -74.1. The molecule has 0 bridgehead atoms. The fourth-order valence-corrected chi connectivity index (χ4v) is 19.0. The van der Waals surface area contributed by atoms with Crippen LogP contribution in [0.2, 0.25) is 0 Å². The highest BCUT2D eigenvalue weighted by atomic mass is 79.9. The molecule has 0 atom stereocenters. The highest BCUT2D eigenvalue weighted by Gasteiger charge is 2.67. The van der Waals surface area contributed by atoms with E-state index in [0.717, 1.165) is 22.8 Å². The molecule has 1 aromatic heterocycles. The van der Waals surface area contributed by atoms with Gasteiger partial charge < -0.3 is 0 Å². The van der Waals surface area contributed by atoms with Crippen LogP contribution in [0.4, 0.5) is 0 Å². The number of pyridine rings is 1. The third-order valence-electron chi connectivity index (χ3n) is 22.6. The first-order valence-corrected chi connectivity index (χ1v) is 37.1. The summed E-state index contributed by atoms with van der Waals surface area (Å²) in [4.78, 5) is 4.39. The van der Waals surface area contributed by atoms with E-state index in [-0.39, 0.29) is 0 Å². The summed E-state index contributed by atoms with van der Waals surface area (Å²) in [7, 11) is 315. The van der Waals surface area contributed by atoms with Crippen molar-refractivity contribution in [2.75, 3.05) is 0 Å². The maximum absolute atomic E-state index is 7.29. The maximum Gasteiger partial charge on any atom is 0.0701 e. The van der Waals surface area contributed by atoms with Crippen molar-refractivity contribution in [3.63, 3.8) is 0 Å². The van der Waals surface area contributed by atoms with Crippen molar-refractivity contribution >= 4 is 646 Å². The SMILES string of the molecule is Cc1cc(Br)c(-c2ccc(-c3ccccn3)cc2)cc1C.[B][B]B(B([B])[B])B(B([B])[B])B(B(B(B([B])[B])B([B])[B])B(B([B])[B])B([B])[B])B(B(B(B(B([B])[B])B([B])[B])B(B([B])[B])B([B])[B])B(B(B([B])[B])B([B])[B])B(B([B])[B])B([B])[B])B(B(B(B([B])[B])B([B])[B])B(B([B])[B])B([B])[B])B(B(B([B])[B])B([B])[B])B(B([B])[B])B([B])[B]. The van der Waals surface area contributed by atoms with Crippen LogP contribution in [0.15, 0.2) is 65.3 Å². The molecular formula is C19H16B89BrN. The van der Waals surface area contributed by atoms with Gasteiger partial charge in [0.25, 0.3) is 0 Å². The molecule has 0 fully saturated rings. The van der Waals surface area contributed by atoms with Crippen LogP contribution in [0.3, 0.4) is 0 Å². The Balaban J connectivity index is 0.00000165. The van der Waals surface area contributed by atoms with Crippen LogP contribution in [-0.2, 0) is 0 Å². The summed E-state index contributed by atoms with van der Waals surface area (Å²) in [6, 6.07) is 18.9. The van der Waals surface area contributed by atoms with Crippen molar-refractivity contribution < 1.29 is 0 Å². The number of nitrogens with zero attached hydrogens (tertiary/aromatic N) is 1. The molecule has 3 aromatic rings. The number of aryl methyl sites for hydroxylation is 2. The first kappa shape index (κ1) is 110. The minimum atomic E-state index is -2.09. The van der Waals surface area contributed by atoms with Crippen molar-refractivity contribution in [3.8, 4) is 22.4 Å². The summed E-state index contributed by atoms with van der Waals surface area (Å²) >= 11 is 3.67. The van der Waals surface area contributed by atoms with Crippen LogP contribution in [0.5, 0.6) is 0 Å². The lowest BCUT2D eigenvalue weighted by molar-refractivity contribution is 1.32. The smallest absolute Gasteiger partial charge is 0.0701 e. The molecule has 3 rings (SSSR count). The number of hydrogen-bond acceptors (Lipinski definition) is 1. The number of halogens is 1. The number of aromatic nitrogens is 1. The second kappa shape index (κ2) is 51.3. The van der Waals surface area contributed by atoms with E-state index in [1.807, 2.05) is 24.4 Å². The quantitative estimate of drug-likeness (QED) is 0.0514. The van der Waals surface area contributed by atoms with Crippen molar-refractivity contribution in [2.45, 2.75) is 13.8 Å². The van der Waals surface area contributed by atoms with E-state index in [2.05, 4.69) is 71.2 Å². The van der Waals surface area contributed by atoms with Gasteiger partial charge >= 0.3 is 0 Å². The fraction of sp³-hybridized carbons (Fsp3) is 0.105. The largest absolute Gasteiger partial charge is 0.256 e. The van der Waals surface area contributed by atoms with E-state index in [1.165, 1.54) is 22.3 Å². The van der Waals surface area contributed by atoms with Gasteiger partial charge in [0.15, 0.2) is 0 Å². The zero-order valence-corrected chi connectivity index (χ0v) is 65.1. The highest BCUT2D eigenvalue weighted by Crippen LogP contribution is 2.33. The van der Waals surface area contributed by atoms with Crippen molar-refractivity contribution in [1.82, 2.24) is 4.98 Å². The Hall–Kier alpha value is 3.85. The molecule has 110 heavy (non-hydrogen) atoms. The Morgan fingerprint density at radius 3 is 0.609 bits per heavy atom. The molecule has 0 spiro atoms. The summed E-state index contributed by atoms with van der Waals surface area (Å²) in [5, 5.41) is 0. The molecule has 0 amide bonds. The van der Waals surface area contributed by atoms with Gasteiger partial charge in [-0.3, -0.25) is 4.98 Å². The summed E-state index contributed by atoms with van der Waals surface area (Å²) in [6.45, 7) is 4.28. The fourth-order valence-electron chi connectivity index (χ4n) is 18.3. The molecule has 2 aromatic carbocycles. The Morgan fingerprint density at radius 2 is 0.427 bits per heavy atom. The van der Waals surface area contributed by atoms with Gasteiger partial charge in [0, 0.05) is 646 Å². The first-order valence-electron chi connectivity index (χ1n) is 36.3. The van der Waals surface area contributed by atoms with E-state index in [9.17, 15) is 0 Å². The Morgan fingerprint density at radius 1 is 0.236 bits per heavy atom. The molecule has 0 aliphatic rings. The van der Waals surface area contributed by atoms with E-state index < -0.39 is 275 Å². The third kappa shape index (κ3) is 29.5. The van der Waals surface area contributed by atoms with Crippen molar-refractivity contribution in [1.29, 1.82) is 0 Å². The van der Waals surface area contributed by atoms with Crippen LogP contribution < -0.4 is 0 Å². The zero-order valence-electron chi connectivity index (χ0n) is 63.5. The monoisotopic (exact) mass is 1320 g/mol. The highest BCUT2D eigenvalue weighted by molar-refractivity contribution is 9.10. The zero-order chi connectivity index (χ0) is 85.4. The Labute approximate surface area is 755 Å². The number of hydrogen-bond donors (Lipinski definition) is 0. The van der Waals surface area contributed by atoms with Gasteiger partial charge in [0.05, 0.1) is 5.69 Å². The van der Waals surface area contributed by atoms with Gasteiger partial charge in [0.1, 0.15) is 0 Å². The molecule has 91 radical (unpaired) electrons. The molecule has 0 unspecified atom stereocenters. The Bertz CT molecular complexity index is 2630.